The molecule has 19 heavy (non-hydrogen) atoms. The fourth-order valence-electron chi connectivity index (χ4n) is 2.05. The van der Waals surface area contributed by atoms with Gasteiger partial charge in [-0.1, -0.05) is 12.1 Å². The number of anilines is 1. The van der Waals surface area contributed by atoms with Crippen LogP contribution in [0.1, 0.15) is 32.8 Å². The zero-order valence-corrected chi connectivity index (χ0v) is 11.6. The van der Waals surface area contributed by atoms with Crippen LogP contribution in [0.25, 0.3) is 0 Å². The Labute approximate surface area is 113 Å². The number of benzene rings is 1. The maximum Gasteiger partial charge on any atom is 0.343 e. The Kier molecular flexibility index (Phi) is 3.95. The number of rotatable bonds is 3. The molecule has 0 unspecified atom stereocenters. The van der Waals surface area contributed by atoms with Crippen LogP contribution in [-0.4, -0.2) is 18.2 Å². The lowest BCUT2D eigenvalue weighted by atomic mass is 9.94. The predicted octanol–water partition coefficient (Wildman–Crippen LogP) is 2.86. The number of hydrogen-bond donors (Lipinski definition) is 2. The fourth-order valence-corrected chi connectivity index (χ4v) is 2.05. The number of aryl methyl sites for hydroxylation is 1. The van der Waals surface area contributed by atoms with E-state index in [0.29, 0.717) is 12.3 Å². The van der Waals surface area contributed by atoms with Crippen LogP contribution in [0.15, 0.2) is 18.2 Å². The Balaban J connectivity index is 2.16. The van der Waals surface area contributed by atoms with Crippen LogP contribution in [0.3, 0.4) is 0 Å². The van der Waals surface area contributed by atoms with Gasteiger partial charge in [-0.25, -0.2) is 10.3 Å². The minimum absolute atomic E-state index is 0.207. The number of hydrogen-bond acceptors (Lipinski definition) is 3. The Morgan fingerprint density at radius 1 is 1.47 bits per heavy atom. The molecule has 5 heteroatoms. The Morgan fingerprint density at radius 3 is 3.00 bits per heavy atom. The molecular weight excluding hydrogens is 244 g/mol. The van der Waals surface area contributed by atoms with Crippen LogP contribution in [0, 0.1) is 0 Å². The molecule has 0 saturated heterocycles. The van der Waals surface area contributed by atoms with E-state index in [1.165, 1.54) is 0 Å². The number of para-hydroxylation sites is 1. The molecule has 0 spiro atoms. The maximum absolute atomic E-state index is 11.6. The summed E-state index contributed by atoms with van der Waals surface area (Å²) in [7, 11) is 0. The smallest absolute Gasteiger partial charge is 0.343 e. The van der Waals surface area contributed by atoms with Gasteiger partial charge in [-0.15, -0.1) is 0 Å². The largest absolute Gasteiger partial charge is 0.485 e. The summed E-state index contributed by atoms with van der Waals surface area (Å²) in [5.41, 5.74) is 3.88. The molecule has 5 nitrogen and oxygen atoms in total. The quantitative estimate of drug-likeness (QED) is 0.825. The van der Waals surface area contributed by atoms with Gasteiger partial charge in [0.05, 0.1) is 12.3 Å². The first-order chi connectivity index (χ1) is 9.02. The lowest BCUT2D eigenvalue weighted by molar-refractivity contribution is 0.0752. The van der Waals surface area contributed by atoms with E-state index in [9.17, 15) is 4.79 Å². The molecule has 1 aromatic carbocycles. The van der Waals surface area contributed by atoms with E-state index in [2.05, 4.69) is 10.8 Å². The molecule has 2 amide bonds. The highest BCUT2D eigenvalue weighted by atomic mass is 16.7. The normalized spacial score (nSPS) is 16.2. The zero-order chi connectivity index (χ0) is 13.9. The minimum atomic E-state index is -0.401. The molecule has 0 radical (unpaired) electrons. The second-order valence-electron chi connectivity index (χ2n) is 5.14. The first-order valence-electron chi connectivity index (χ1n) is 6.51. The van der Waals surface area contributed by atoms with Crippen molar-refractivity contribution < 1.29 is 14.4 Å². The first-order valence-corrected chi connectivity index (χ1v) is 6.51. The van der Waals surface area contributed by atoms with Gasteiger partial charge in [0, 0.05) is 0 Å². The van der Waals surface area contributed by atoms with E-state index in [0.717, 1.165) is 24.2 Å². The van der Waals surface area contributed by atoms with E-state index < -0.39 is 6.03 Å². The summed E-state index contributed by atoms with van der Waals surface area (Å²) in [5.74, 6) is 0.755. The highest BCUT2D eigenvalue weighted by molar-refractivity contribution is 5.90. The maximum atomic E-state index is 11.6. The topological polar surface area (TPSA) is 59.6 Å². The first kappa shape index (κ1) is 13.7. The van der Waals surface area contributed by atoms with Crippen LogP contribution in [-0.2, 0) is 11.3 Å². The third-order valence-electron chi connectivity index (χ3n) is 3.03. The highest BCUT2D eigenvalue weighted by Gasteiger charge is 2.28. The average molecular weight is 264 g/mol. The van der Waals surface area contributed by atoms with Crippen molar-refractivity contribution in [3.8, 4) is 5.75 Å². The molecule has 2 rings (SSSR count). The summed E-state index contributed by atoms with van der Waals surface area (Å²) < 4.78 is 5.97. The van der Waals surface area contributed by atoms with Gasteiger partial charge in [-0.3, -0.25) is 4.84 Å². The lowest BCUT2D eigenvalue weighted by Crippen LogP contribution is -2.34. The SMILES string of the molecule is CCONC(=O)Nc1cccc2c1OC(C)(C)CC2. The van der Waals surface area contributed by atoms with E-state index in [-0.39, 0.29) is 5.60 Å². The third-order valence-corrected chi connectivity index (χ3v) is 3.03. The molecular formula is C14H20N2O3. The predicted molar refractivity (Wildman–Crippen MR) is 73.3 cm³/mol. The molecule has 0 aromatic heterocycles. The number of carbonyl (C=O) groups is 1. The number of nitrogens with one attached hydrogen (secondary N) is 2. The minimum Gasteiger partial charge on any atom is -0.485 e. The van der Waals surface area contributed by atoms with Crippen LogP contribution in [0.2, 0.25) is 0 Å². The van der Waals surface area contributed by atoms with Gasteiger partial charge in [0.1, 0.15) is 11.4 Å². The number of carbonyl (C=O) groups excluding carboxylic acids is 1. The van der Waals surface area contributed by atoms with Gasteiger partial charge in [0.25, 0.3) is 0 Å². The van der Waals surface area contributed by atoms with Gasteiger partial charge in [0.15, 0.2) is 0 Å². The van der Waals surface area contributed by atoms with Crippen LogP contribution in [0.4, 0.5) is 10.5 Å². The van der Waals surface area contributed by atoms with Crippen molar-refractivity contribution in [3.05, 3.63) is 23.8 Å². The molecule has 1 aliphatic heterocycles. The van der Waals surface area contributed by atoms with Crippen molar-refractivity contribution in [3.63, 3.8) is 0 Å². The summed E-state index contributed by atoms with van der Waals surface area (Å²) in [4.78, 5) is 16.5. The van der Waals surface area contributed by atoms with Gasteiger partial charge >= 0.3 is 6.03 Å². The van der Waals surface area contributed by atoms with Gasteiger partial charge in [0.2, 0.25) is 0 Å². The van der Waals surface area contributed by atoms with Gasteiger partial charge in [-0.2, -0.15) is 0 Å². The van der Waals surface area contributed by atoms with Crippen molar-refractivity contribution >= 4 is 11.7 Å². The number of fused-ring (bicyclic) bond motifs is 1. The van der Waals surface area contributed by atoms with Crippen molar-refractivity contribution in [2.45, 2.75) is 39.2 Å². The number of amides is 2. The van der Waals surface area contributed by atoms with E-state index in [1.807, 2.05) is 32.0 Å². The summed E-state index contributed by atoms with van der Waals surface area (Å²) in [6.07, 6.45) is 1.92. The number of hydroxylamine groups is 1. The molecule has 0 atom stereocenters. The molecule has 1 heterocycles. The van der Waals surface area contributed by atoms with Gasteiger partial charge < -0.3 is 10.1 Å². The second-order valence-corrected chi connectivity index (χ2v) is 5.14. The molecule has 0 bridgehead atoms. The molecule has 0 fully saturated rings. The van der Waals surface area contributed by atoms with E-state index >= 15 is 0 Å². The van der Waals surface area contributed by atoms with E-state index in [1.54, 1.807) is 6.92 Å². The van der Waals surface area contributed by atoms with Crippen LogP contribution >= 0.6 is 0 Å². The second kappa shape index (κ2) is 5.48. The van der Waals surface area contributed by atoms with E-state index in [4.69, 9.17) is 9.57 Å². The molecule has 0 saturated carbocycles. The van der Waals surface area contributed by atoms with Gasteiger partial charge in [-0.05, 0) is 45.2 Å². The third kappa shape index (κ3) is 3.38. The summed E-state index contributed by atoms with van der Waals surface area (Å²) in [5, 5.41) is 2.74. The average Bonchev–Trinajstić information content (AvgIpc) is 2.36. The van der Waals surface area contributed by atoms with Crippen molar-refractivity contribution in [1.82, 2.24) is 5.48 Å². The summed E-state index contributed by atoms with van der Waals surface area (Å²) in [6.45, 7) is 6.32. The molecule has 1 aliphatic rings. The van der Waals surface area contributed by atoms with Crippen molar-refractivity contribution in [2.75, 3.05) is 11.9 Å². The van der Waals surface area contributed by atoms with Crippen LogP contribution < -0.4 is 15.5 Å². The molecule has 2 N–H and O–H groups in total. The monoisotopic (exact) mass is 264 g/mol. The molecule has 104 valence electrons. The zero-order valence-electron chi connectivity index (χ0n) is 11.6. The molecule has 0 aliphatic carbocycles. The van der Waals surface area contributed by atoms with Crippen LogP contribution in [0.5, 0.6) is 5.75 Å². The lowest BCUT2D eigenvalue weighted by Gasteiger charge is -2.33. The molecule has 1 aromatic rings. The van der Waals surface area contributed by atoms with Crippen molar-refractivity contribution in [2.24, 2.45) is 0 Å². The Hall–Kier alpha value is -1.75. The fraction of sp³-hybridized carbons (Fsp3) is 0.500. The Morgan fingerprint density at radius 2 is 2.26 bits per heavy atom. The Bertz CT molecular complexity index is 472. The number of urea groups is 1. The number of ether oxygens (including phenoxy) is 1. The summed E-state index contributed by atoms with van der Waals surface area (Å²) >= 11 is 0. The standard InChI is InChI=1S/C14H20N2O3/c1-4-18-16-13(17)15-11-7-5-6-10-8-9-14(2,3)19-12(10)11/h5-7H,4,8-9H2,1-3H3,(H2,15,16,17). The highest BCUT2D eigenvalue weighted by Crippen LogP contribution is 2.38. The van der Waals surface area contributed by atoms with Crippen molar-refractivity contribution in [1.29, 1.82) is 0 Å². The summed E-state index contributed by atoms with van der Waals surface area (Å²) in [6, 6.07) is 5.36.